The van der Waals surface area contributed by atoms with Crippen molar-refractivity contribution < 1.29 is 32.2 Å². The number of rotatable bonds is 4. The van der Waals surface area contributed by atoms with Crippen LogP contribution in [0.25, 0.3) is 5.57 Å². The summed E-state index contributed by atoms with van der Waals surface area (Å²) in [5, 5.41) is 20.0. The van der Waals surface area contributed by atoms with Crippen molar-refractivity contribution >= 4 is 40.8 Å². The third-order valence-corrected chi connectivity index (χ3v) is 8.02. The molecule has 8 nitrogen and oxygen atoms in total. The van der Waals surface area contributed by atoms with Gasteiger partial charge in [-0.05, 0) is 61.4 Å². The van der Waals surface area contributed by atoms with Crippen molar-refractivity contribution in [1.82, 2.24) is 9.47 Å². The van der Waals surface area contributed by atoms with Gasteiger partial charge in [0.05, 0.1) is 34.6 Å². The number of nitrogens with zero attached hydrogens (tertiary/aromatic N) is 4. The van der Waals surface area contributed by atoms with E-state index in [0.29, 0.717) is 27.5 Å². The van der Waals surface area contributed by atoms with Crippen LogP contribution in [0.15, 0.2) is 51.4 Å². The molecule has 5 rings (SSSR count). The monoisotopic (exact) mass is 624 g/mol. The Kier molecular flexibility index (Phi) is 7.69. The lowest BCUT2D eigenvalue weighted by molar-refractivity contribution is -0.138. The summed E-state index contributed by atoms with van der Waals surface area (Å²) in [6.45, 7) is 4.37. The topological polar surface area (TPSA) is 96.5 Å². The molecule has 0 unspecified atom stereocenters. The maximum atomic E-state index is 15.2. The molecule has 0 radical (unpaired) electrons. The number of thiazole rings is 1. The number of likely N-dealkylation sites (tertiary alicyclic amines) is 1. The maximum Gasteiger partial charge on any atom is 0.416 e. The summed E-state index contributed by atoms with van der Waals surface area (Å²) in [5.41, 5.74) is -1.15. The number of alkyl halides is 4. The van der Waals surface area contributed by atoms with E-state index in [0.717, 1.165) is 15.5 Å². The summed E-state index contributed by atoms with van der Waals surface area (Å²) >= 11 is 6.45. The minimum atomic E-state index is -4.73. The van der Waals surface area contributed by atoms with E-state index in [1.54, 1.807) is 39.0 Å². The van der Waals surface area contributed by atoms with Gasteiger partial charge in [-0.2, -0.15) is 23.4 Å². The summed E-state index contributed by atoms with van der Waals surface area (Å²) in [7, 11) is 0. The highest BCUT2D eigenvalue weighted by Gasteiger charge is 2.41. The van der Waals surface area contributed by atoms with E-state index in [4.69, 9.17) is 16.3 Å². The van der Waals surface area contributed by atoms with E-state index >= 15 is 4.39 Å². The third kappa shape index (κ3) is 5.93. The molecule has 42 heavy (non-hydrogen) atoms. The van der Waals surface area contributed by atoms with Gasteiger partial charge in [-0.3, -0.25) is 9.36 Å². The van der Waals surface area contributed by atoms with E-state index in [9.17, 15) is 27.9 Å². The van der Waals surface area contributed by atoms with Crippen molar-refractivity contribution in [2.24, 2.45) is 10.2 Å². The number of fused-ring (bicyclic) bond motifs is 1. The Bertz CT molecular complexity index is 1780. The molecule has 3 heterocycles. The fourth-order valence-corrected chi connectivity index (χ4v) is 6.06. The van der Waals surface area contributed by atoms with Crippen LogP contribution in [0.5, 0.6) is 5.88 Å². The second-order valence-electron chi connectivity index (χ2n) is 10.9. The number of hydrogen-bond acceptors (Lipinski definition) is 7. The van der Waals surface area contributed by atoms with Crippen LogP contribution in [0.3, 0.4) is 0 Å². The maximum absolute atomic E-state index is 15.2. The molecule has 2 aromatic carbocycles. The molecule has 2 atom stereocenters. The largest absolute Gasteiger partial charge is 0.493 e. The Hall–Kier alpha value is -3.71. The molecule has 1 N–H and O–H groups in total. The number of halogens is 5. The second kappa shape index (κ2) is 10.8. The molecule has 3 aromatic rings. The van der Waals surface area contributed by atoms with E-state index in [1.807, 2.05) is 0 Å². The fraction of sp³-hybridized carbons (Fsp3) is 0.357. The first-order valence-electron chi connectivity index (χ1n) is 12.8. The molecule has 2 aliphatic rings. The summed E-state index contributed by atoms with van der Waals surface area (Å²) < 4.78 is 63.4. The van der Waals surface area contributed by atoms with Crippen LogP contribution in [0.1, 0.15) is 48.4 Å². The molecule has 0 saturated carbocycles. The summed E-state index contributed by atoms with van der Waals surface area (Å²) in [5.74, 6) is -0.611. The quantitative estimate of drug-likeness (QED) is 0.421. The highest BCUT2D eigenvalue weighted by molar-refractivity contribution is 7.10. The third-order valence-electron chi connectivity index (χ3n) is 6.78. The van der Waals surface area contributed by atoms with Crippen molar-refractivity contribution in [3.63, 3.8) is 0 Å². The predicted molar refractivity (Wildman–Crippen MR) is 149 cm³/mol. The minimum Gasteiger partial charge on any atom is -0.493 e. The number of carbonyl (C=O) groups excluding carboxylic acids is 1. The van der Waals surface area contributed by atoms with Gasteiger partial charge in [-0.15, -0.1) is 0 Å². The van der Waals surface area contributed by atoms with Crippen molar-refractivity contribution in [1.29, 1.82) is 0 Å². The summed E-state index contributed by atoms with van der Waals surface area (Å²) in [6, 6.07) is 6.99. The van der Waals surface area contributed by atoms with Crippen LogP contribution >= 0.6 is 22.9 Å². The Balaban J connectivity index is 1.62. The van der Waals surface area contributed by atoms with Gasteiger partial charge in [0.15, 0.2) is 0 Å². The van der Waals surface area contributed by atoms with Gasteiger partial charge in [0, 0.05) is 23.6 Å². The van der Waals surface area contributed by atoms with Crippen LogP contribution in [-0.4, -0.2) is 51.7 Å². The molecule has 1 amide bonds. The number of aromatic hydroxyl groups is 1. The lowest BCUT2D eigenvalue weighted by atomic mass is 9.96. The van der Waals surface area contributed by atoms with Crippen LogP contribution in [-0.2, 0) is 17.3 Å². The number of hydrogen-bond donors (Lipinski definition) is 1. The van der Waals surface area contributed by atoms with E-state index < -0.39 is 46.4 Å². The first-order chi connectivity index (χ1) is 19.6. The average molecular weight is 625 g/mol. The Labute approximate surface area is 245 Å². The molecule has 1 saturated heterocycles. The summed E-state index contributed by atoms with van der Waals surface area (Å²) in [6.07, 6.45) is -6.08. The first kappa shape index (κ1) is 29.8. The van der Waals surface area contributed by atoms with Gasteiger partial charge in [0.2, 0.25) is 5.88 Å². The standard InChI is InChI=1S/C28H25ClF4N4O4S/c1-27(2,3)41-25(39)36-12-20(30)22(13-36)37-24(38)23(42-26(37)40)18(14-5-7-21-16(8-14)11-34-35-21)9-15-4-6-17(29)10-19(15)28(31,32)33/h4-8,10-11,20,22,38H,9,12-13H2,1-3H3/t20-,22+/m1/s1. The molecule has 0 aliphatic carbocycles. The summed E-state index contributed by atoms with van der Waals surface area (Å²) in [4.78, 5) is 26.1. The zero-order valence-electron chi connectivity index (χ0n) is 22.6. The van der Waals surface area contributed by atoms with Gasteiger partial charge in [0.1, 0.15) is 11.8 Å². The fourth-order valence-electron chi connectivity index (χ4n) is 4.89. The van der Waals surface area contributed by atoms with E-state index in [2.05, 4.69) is 10.2 Å². The van der Waals surface area contributed by atoms with Crippen molar-refractivity contribution in [3.8, 4) is 5.88 Å². The Morgan fingerprint density at radius 1 is 1.17 bits per heavy atom. The highest BCUT2D eigenvalue weighted by atomic mass is 35.5. The predicted octanol–water partition coefficient (Wildman–Crippen LogP) is 4.83. The normalized spacial score (nSPS) is 19.1. The van der Waals surface area contributed by atoms with Gasteiger partial charge in [-0.25, -0.2) is 9.18 Å². The smallest absolute Gasteiger partial charge is 0.416 e. The minimum absolute atomic E-state index is 0.0298. The molecule has 1 aromatic heterocycles. The van der Waals surface area contributed by atoms with Crippen LogP contribution in [0.2, 0.25) is 5.02 Å². The first-order valence-corrected chi connectivity index (χ1v) is 14.0. The van der Waals surface area contributed by atoms with Gasteiger partial charge >= 0.3 is 17.1 Å². The van der Waals surface area contributed by atoms with Gasteiger partial charge in [0.25, 0.3) is 0 Å². The molecule has 1 fully saturated rings. The number of carbonyl (C=O) groups is 1. The molecule has 2 aliphatic heterocycles. The molecule has 0 spiro atoms. The lowest BCUT2D eigenvalue weighted by Gasteiger charge is -2.24. The molecule has 0 bridgehead atoms. The molecular formula is C28H25ClF4N4O4S. The van der Waals surface area contributed by atoms with Crippen molar-refractivity contribution in [2.75, 3.05) is 13.1 Å². The zero-order chi connectivity index (χ0) is 30.6. The average Bonchev–Trinajstić information content (AvgIpc) is 3.58. The Morgan fingerprint density at radius 2 is 1.90 bits per heavy atom. The van der Waals surface area contributed by atoms with Crippen molar-refractivity contribution in [3.05, 3.63) is 83.2 Å². The number of benzene rings is 2. The van der Waals surface area contributed by atoms with Gasteiger partial charge < -0.3 is 14.7 Å². The van der Waals surface area contributed by atoms with Crippen LogP contribution in [0.4, 0.5) is 22.4 Å². The molecule has 14 heteroatoms. The molecular weight excluding hydrogens is 600 g/mol. The van der Waals surface area contributed by atoms with Crippen LogP contribution < -0.4 is 15.4 Å². The second-order valence-corrected chi connectivity index (χ2v) is 12.3. The zero-order valence-corrected chi connectivity index (χ0v) is 24.1. The van der Waals surface area contributed by atoms with E-state index in [-0.39, 0.29) is 40.5 Å². The SMILES string of the molecule is CC(C)(C)OC(=O)N1C[C@@H](F)[C@@H](n2c(O)c(C(Cc3ccc(Cl)cc3C(F)(F)F)=c3ccc4c(c3)C=NN=4)sc2=O)C1. The highest BCUT2D eigenvalue weighted by Crippen LogP contribution is 2.38. The van der Waals surface area contributed by atoms with Crippen LogP contribution in [0, 0.1) is 0 Å². The Morgan fingerprint density at radius 3 is 2.60 bits per heavy atom. The number of ether oxygens (including phenoxy) is 1. The lowest BCUT2D eigenvalue weighted by Crippen LogP contribution is -2.36. The number of aromatic nitrogens is 1. The van der Waals surface area contributed by atoms with E-state index in [1.165, 1.54) is 18.3 Å². The van der Waals surface area contributed by atoms with Crippen molar-refractivity contribution in [2.45, 2.75) is 51.2 Å². The van der Waals surface area contributed by atoms with Gasteiger partial charge in [-0.1, -0.05) is 35.1 Å². The number of amides is 1. The molecule has 222 valence electrons.